The number of ketones is 1. The zero-order chi connectivity index (χ0) is 19.0. The summed E-state index contributed by atoms with van der Waals surface area (Å²) in [6.45, 7) is 5.11. The average molecular weight is 371 g/mol. The third kappa shape index (κ3) is 8.02. The second kappa shape index (κ2) is 9.41. The highest BCUT2D eigenvalue weighted by molar-refractivity contribution is 8.00. The van der Waals surface area contributed by atoms with Crippen LogP contribution in [0.1, 0.15) is 31.1 Å². The van der Waals surface area contributed by atoms with Gasteiger partial charge in [-0.3, -0.25) is 4.79 Å². The lowest BCUT2D eigenvalue weighted by Crippen LogP contribution is -2.45. The van der Waals surface area contributed by atoms with Crippen molar-refractivity contribution < 1.29 is 28.2 Å². The van der Waals surface area contributed by atoms with Gasteiger partial charge in [-0.05, 0) is 45.0 Å². The second-order valence-electron chi connectivity index (χ2n) is 6.17. The van der Waals surface area contributed by atoms with Gasteiger partial charge in [0.05, 0.1) is 12.9 Å². The fraction of sp³-hybridized carbons (Fsp3) is 0.471. The summed E-state index contributed by atoms with van der Waals surface area (Å²) in [5, 5.41) is 2.43. The Kier molecular flexibility index (Phi) is 7.89. The van der Waals surface area contributed by atoms with Crippen molar-refractivity contribution in [3.05, 3.63) is 35.6 Å². The van der Waals surface area contributed by atoms with E-state index >= 15 is 0 Å². The quantitative estimate of drug-likeness (QED) is 0.586. The standard InChI is InChI=1S/C17H22FNO5S/c1-17(2,3)24-16(22)19-13(15(21)23-4)9-25-10-14(20)11-5-7-12(18)8-6-11/h5-8,13H,9-10H2,1-4H3,(H,19,22)/t13-/m0/s1. The van der Waals surface area contributed by atoms with E-state index in [1.54, 1.807) is 20.8 Å². The minimum atomic E-state index is -0.939. The van der Waals surface area contributed by atoms with Crippen LogP contribution in [0.5, 0.6) is 0 Å². The summed E-state index contributed by atoms with van der Waals surface area (Å²) in [5.74, 6) is -1.04. The Balaban J connectivity index is 2.55. The molecule has 0 saturated carbocycles. The van der Waals surface area contributed by atoms with Crippen LogP contribution in [0.3, 0.4) is 0 Å². The molecule has 0 spiro atoms. The molecule has 138 valence electrons. The summed E-state index contributed by atoms with van der Waals surface area (Å²) in [6.07, 6.45) is -0.742. The van der Waals surface area contributed by atoms with Gasteiger partial charge in [0.15, 0.2) is 5.78 Å². The molecular weight excluding hydrogens is 349 g/mol. The molecule has 0 heterocycles. The van der Waals surface area contributed by atoms with Crippen molar-refractivity contribution in [3.63, 3.8) is 0 Å². The van der Waals surface area contributed by atoms with Gasteiger partial charge in [0, 0.05) is 11.3 Å². The van der Waals surface area contributed by atoms with Crippen molar-refractivity contribution in [1.29, 1.82) is 0 Å². The molecule has 25 heavy (non-hydrogen) atoms. The van der Waals surface area contributed by atoms with Crippen LogP contribution in [0.25, 0.3) is 0 Å². The normalized spacial score (nSPS) is 12.2. The number of methoxy groups -OCH3 is 1. The smallest absolute Gasteiger partial charge is 0.408 e. The SMILES string of the molecule is COC(=O)[C@H](CSCC(=O)c1ccc(F)cc1)NC(=O)OC(C)(C)C. The minimum Gasteiger partial charge on any atom is -0.467 e. The maximum Gasteiger partial charge on any atom is 0.408 e. The second-order valence-corrected chi connectivity index (χ2v) is 7.20. The molecule has 0 radical (unpaired) electrons. The van der Waals surface area contributed by atoms with E-state index in [0.717, 1.165) is 11.8 Å². The van der Waals surface area contributed by atoms with Crippen LogP contribution in [0.2, 0.25) is 0 Å². The summed E-state index contributed by atoms with van der Waals surface area (Å²) in [4.78, 5) is 35.6. The maximum atomic E-state index is 12.9. The zero-order valence-electron chi connectivity index (χ0n) is 14.6. The predicted octanol–water partition coefficient (Wildman–Crippen LogP) is 2.81. The van der Waals surface area contributed by atoms with E-state index in [1.807, 2.05) is 0 Å². The summed E-state index contributed by atoms with van der Waals surface area (Å²) in [5.41, 5.74) is -0.320. The first-order valence-electron chi connectivity index (χ1n) is 7.56. The number of benzene rings is 1. The number of amides is 1. The molecule has 0 unspecified atom stereocenters. The molecule has 6 nitrogen and oxygen atoms in total. The first-order chi connectivity index (χ1) is 11.6. The van der Waals surface area contributed by atoms with Crippen molar-refractivity contribution in [2.75, 3.05) is 18.6 Å². The molecule has 8 heteroatoms. The van der Waals surface area contributed by atoms with Crippen molar-refractivity contribution >= 4 is 29.6 Å². The minimum absolute atomic E-state index is 0.0785. The summed E-state index contributed by atoms with van der Waals surface area (Å²) >= 11 is 1.16. The lowest BCUT2D eigenvalue weighted by molar-refractivity contribution is -0.142. The lowest BCUT2D eigenvalue weighted by atomic mass is 10.1. The Morgan fingerprint density at radius 1 is 1.20 bits per heavy atom. The Labute approximate surface area is 150 Å². The van der Waals surface area contributed by atoms with Crippen molar-refractivity contribution in [1.82, 2.24) is 5.32 Å². The highest BCUT2D eigenvalue weighted by Crippen LogP contribution is 2.12. The maximum absolute atomic E-state index is 12.9. The fourth-order valence-electron chi connectivity index (χ4n) is 1.75. The number of esters is 1. The molecule has 1 atom stereocenters. The van der Waals surface area contributed by atoms with Crippen LogP contribution < -0.4 is 5.32 Å². The van der Waals surface area contributed by atoms with Crippen molar-refractivity contribution in [3.8, 4) is 0 Å². The van der Waals surface area contributed by atoms with Gasteiger partial charge in [-0.1, -0.05) is 0 Å². The number of hydrogen-bond donors (Lipinski definition) is 1. The molecule has 1 aromatic rings. The average Bonchev–Trinajstić information content (AvgIpc) is 2.51. The number of hydrogen-bond acceptors (Lipinski definition) is 6. The Morgan fingerprint density at radius 2 is 1.80 bits per heavy atom. The van der Waals surface area contributed by atoms with Crippen LogP contribution in [0, 0.1) is 5.82 Å². The van der Waals surface area contributed by atoms with Gasteiger partial charge in [0.2, 0.25) is 0 Å². The van der Waals surface area contributed by atoms with Crippen LogP contribution in [0.4, 0.5) is 9.18 Å². The van der Waals surface area contributed by atoms with Gasteiger partial charge in [0.25, 0.3) is 0 Å². The number of rotatable bonds is 7. The van der Waals surface area contributed by atoms with E-state index in [4.69, 9.17) is 4.74 Å². The molecule has 0 bridgehead atoms. The topological polar surface area (TPSA) is 81.7 Å². The monoisotopic (exact) mass is 371 g/mol. The van der Waals surface area contributed by atoms with Gasteiger partial charge in [-0.15, -0.1) is 0 Å². The fourth-order valence-corrected chi connectivity index (χ4v) is 2.67. The molecule has 0 fully saturated rings. The van der Waals surface area contributed by atoms with Gasteiger partial charge in [0.1, 0.15) is 17.5 Å². The van der Waals surface area contributed by atoms with Crippen molar-refractivity contribution in [2.24, 2.45) is 0 Å². The first kappa shape index (κ1) is 21.0. The highest BCUT2D eigenvalue weighted by Gasteiger charge is 2.25. The molecule has 1 aromatic carbocycles. The van der Waals surface area contributed by atoms with E-state index in [0.29, 0.717) is 5.56 Å². The first-order valence-corrected chi connectivity index (χ1v) is 8.71. The third-order valence-corrected chi connectivity index (χ3v) is 3.90. The zero-order valence-corrected chi connectivity index (χ0v) is 15.4. The van der Waals surface area contributed by atoms with E-state index < -0.39 is 29.5 Å². The van der Waals surface area contributed by atoms with Gasteiger partial charge >= 0.3 is 12.1 Å². The van der Waals surface area contributed by atoms with Crippen molar-refractivity contribution in [2.45, 2.75) is 32.4 Å². The molecule has 0 aliphatic carbocycles. The highest BCUT2D eigenvalue weighted by atomic mass is 32.2. The molecule has 0 aliphatic heterocycles. The largest absolute Gasteiger partial charge is 0.467 e. The van der Waals surface area contributed by atoms with E-state index in [9.17, 15) is 18.8 Å². The summed E-state index contributed by atoms with van der Waals surface area (Å²) in [7, 11) is 1.21. The van der Waals surface area contributed by atoms with Gasteiger partial charge in [-0.25, -0.2) is 14.0 Å². The van der Waals surface area contributed by atoms with E-state index in [2.05, 4.69) is 10.1 Å². The molecule has 1 rings (SSSR count). The molecule has 1 amide bonds. The molecule has 1 N–H and O–H groups in total. The molecule has 0 aromatic heterocycles. The van der Waals surface area contributed by atoms with Gasteiger partial charge in [-0.2, -0.15) is 11.8 Å². The molecular formula is C17H22FNO5S. The molecule has 0 aliphatic rings. The number of alkyl carbamates (subject to hydrolysis) is 1. The number of Topliss-reactive ketones (excluding diaryl/α,β-unsaturated/α-hetero) is 1. The number of carbonyl (C=O) groups excluding carboxylic acids is 3. The Morgan fingerprint density at radius 3 is 2.32 bits per heavy atom. The van der Waals surface area contributed by atoms with Crippen LogP contribution in [-0.2, 0) is 14.3 Å². The number of ether oxygens (including phenoxy) is 2. The van der Waals surface area contributed by atoms with Crippen LogP contribution in [0.15, 0.2) is 24.3 Å². The van der Waals surface area contributed by atoms with E-state index in [-0.39, 0.29) is 17.3 Å². The lowest BCUT2D eigenvalue weighted by Gasteiger charge is -2.22. The van der Waals surface area contributed by atoms with Crippen LogP contribution in [-0.4, -0.2) is 48.1 Å². The Hall–Kier alpha value is -2.09. The van der Waals surface area contributed by atoms with Crippen LogP contribution >= 0.6 is 11.8 Å². The van der Waals surface area contributed by atoms with E-state index in [1.165, 1.54) is 31.4 Å². The third-order valence-electron chi connectivity index (χ3n) is 2.86. The number of halogens is 1. The summed E-state index contributed by atoms with van der Waals surface area (Å²) < 4.78 is 22.6. The molecule has 0 saturated heterocycles. The number of carbonyl (C=O) groups is 3. The Bertz CT molecular complexity index is 612. The number of nitrogens with one attached hydrogen (secondary N) is 1. The van der Waals surface area contributed by atoms with Gasteiger partial charge < -0.3 is 14.8 Å². The summed E-state index contributed by atoms with van der Waals surface area (Å²) in [6, 6.07) is 4.27. The predicted molar refractivity (Wildman–Crippen MR) is 93.2 cm³/mol. The number of thioether (sulfide) groups is 1.